The van der Waals surface area contributed by atoms with Crippen LogP contribution in [0.5, 0.6) is 0 Å². The molecular formula is C22H26N6O. The van der Waals surface area contributed by atoms with Gasteiger partial charge < -0.3 is 15.1 Å². The first kappa shape index (κ1) is 18.1. The molecule has 0 radical (unpaired) electrons. The molecule has 2 fully saturated rings. The van der Waals surface area contributed by atoms with Crippen molar-refractivity contribution in [2.24, 2.45) is 0 Å². The molecule has 1 aromatic carbocycles. The van der Waals surface area contributed by atoms with Gasteiger partial charge in [0, 0.05) is 48.3 Å². The average Bonchev–Trinajstić information content (AvgIpc) is 3.29. The van der Waals surface area contributed by atoms with Gasteiger partial charge in [0.25, 0.3) is 5.91 Å². The van der Waals surface area contributed by atoms with E-state index in [1.807, 2.05) is 37.5 Å². The summed E-state index contributed by atoms with van der Waals surface area (Å²) >= 11 is 0. The maximum atomic E-state index is 13.2. The van der Waals surface area contributed by atoms with Crippen molar-refractivity contribution in [2.75, 3.05) is 32.1 Å². The highest BCUT2D eigenvalue weighted by Crippen LogP contribution is 2.47. The number of aryl methyl sites for hydroxylation is 1. The van der Waals surface area contributed by atoms with E-state index < -0.39 is 0 Å². The first-order valence-electron chi connectivity index (χ1n) is 10.1. The summed E-state index contributed by atoms with van der Waals surface area (Å²) in [5.74, 6) is -0.0261. The second-order valence-electron chi connectivity index (χ2n) is 8.50. The largest absolute Gasteiger partial charge is 0.368 e. The molecule has 1 aliphatic carbocycles. The van der Waals surface area contributed by atoms with Crippen molar-refractivity contribution in [2.45, 2.75) is 31.3 Å². The van der Waals surface area contributed by atoms with Crippen LogP contribution in [0.3, 0.4) is 0 Å². The lowest BCUT2D eigenvalue weighted by Gasteiger charge is -2.44. The average molecular weight is 390 g/mol. The Bertz CT molecular complexity index is 1080. The summed E-state index contributed by atoms with van der Waals surface area (Å²) in [6, 6.07) is 8.62. The molecule has 0 spiro atoms. The van der Waals surface area contributed by atoms with E-state index in [0.29, 0.717) is 6.04 Å². The second-order valence-corrected chi connectivity index (χ2v) is 8.50. The van der Waals surface area contributed by atoms with Gasteiger partial charge in [-0.1, -0.05) is 6.07 Å². The number of aromatic nitrogens is 3. The van der Waals surface area contributed by atoms with Crippen molar-refractivity contribution in [1.29, 1.82) is 0 Å². The zero-order valence-electron chi connectivity index (χ0n) is 17.1. The number of amides is 1. The number of carbonyl (C=O) groups excluding carboxylic acids is 1. The lowest BCUT2D eigenvalue weighted by Crippen LogP contribution is -2.57. The van der Waals surface area contributed by atoms with Gasteiger partial charge in [0.05, 0.1) is 11.7 Å². The molecule has 1 amide bonds. The Balaban J connectivity index is 1.38. The van der Waals surface area contributed by atoms with E-state index in [1.54, 1.807) is 10.7 Å². The van der Waals surface area contributed by atoms with Gasteiger partial charge in [-0.2, -0.15) is 5.10 Å². The standard InChI is InChI=1S/C22H26N6O/c1-15-5-6-16(27-13-17(14-27)26(2)3)11-18(15)21(29)25-22(7-8-22)19-12-24-28-10-4-9-23-20(19)28/h4-6,9-12,17H,7-8,13-14H2,1-3H3,(H,25,29). The van der Waals surface area contributed by atoms with Crippen molar-refractivity contribution in [1.82, 2.24) is 24.8 Å². The Morgan fingerprint density at radius 2 is 2.07 bits per heavy atom. The molecule has 0 unspecified atom stereocenters. The van der Waals surface area contributed by atoms with Crippen LogP contribution in [0.2, 0.25) is 0 Å². The van der Waals surface area contributed by atoms with E-state index in [1.165, 1.54) is 0 Å². The monoisotopic (exact) mass is 390 g/mol. The number of benzene rings is 1. The molecule has 1 N–H and O–H groups in total. The molecule has 3 heterocycles. The normalized spacial score (nSPS) is 18.1. The number of likely N-dealkylation sites (N-methyl/N-ethyl adjacent to an activating group) is 1. The van der Waals surface area contributed by atoms with Gasteiger partial charge in [0.2, 0.25) is 0 Å². The van der Waals surface area contributed by atoms with Gasteiger partial charge in [-0.25, -0.2) is 9.50 Å². The molecule has 5 rings (SSSR count). The summed E-state index contributed by atoms with van der Waals surface area (Å²) < 4.78 is 1.76. The maximum Gasteiger partial charge on any atom is 0.252 e. The molecule has 29 heavy (non-hydrogen) atoms. The van der Waals surface area contributed by atoms with Gasteiger partial charge in [-0.15, -0.1) is 0 Å². The fraction of sp³-hybridized carbons (Fsp3) is 0.409. The molecule has 7 heteroatoms. The highest BCUT2D eigenvalue weighted by Gasteiger charge is 2.48. The summed E-state index contributed by atoms with van der Waals surface area (Å²) in [5, 5.41) is 7.68. The Morgan fingerprint density at radius 3 is 2.79 bits per heavy atom. The van der Waals surface area contributed by atoms with E-state index in [2.05, 4.69) is 45.4 Å². The Kier molecular flexibility index (Phi) is 4.10. The van der Waals surface area contributed by atoms with Gasteiger partial charge >= 0.3 is 0 Å². The predicted molar refractivity (Wildman–Crippen MR) is 112 cm³/mol. The molecule has 7 nitrogen and oxygen atoms in total. The number of anilines is 1. The van der Waals surface area contributed by atoms with Crippen LogP contribution >= 0.6 is 0 Å². The molecule has 2 aromatic heterocycles. The third-order valence-corrected chi connectivity index (χ3v) is 6.32. The van der Waals surface area contributed by atoms with Crippen molar-refractivity contribution in [3.05, 3.63) is 59.5 Å². The van der Waals surface area contributed by atoms with Crippen LogP contribution in [-0.4, -0.2) is 58.6 Å². The Morgan fingerprint density at radius 1 is 1.28 bits per heavy atom. The first-order valence-corrected chi connectivity index (χ1v) is 10.1. The van der Waals surface area contributed by atoms with Crippen molar-refractivity contribution < 1.29 is 4.79 Å². The second kappa shape index (κ2) is 6.56. The van der Waals surface area contributed by atoms with Gasteiger partial charge in [0.1, 0.15) is 0 Å². The van der Waals surface area contributed by atoms with Crippen molar-refractivity contribution in [3.8, 4) is 0 Å². The highest BCUT2D eigenvalue weighted by molar-refractivity contribution is 5.97. The van der Waals surface area contributed by atoms with Gasteiger partial charge in [-0.3, -0.25) is 4.79 Å². The number of hydrogen-bond acceptors (Lipinski definition) is 5. The van der Waals surface area contributed by atoms with Crippen LogP contribution in [0.4, 0.5) is 5.69 Å². The fourth-order valence-electron chi connectivity index (χ4n) is 4.08. The minimum Gasteiger partial charge on any atom is -0.368 e. The van der Waals surface area contributed by atoms with E-state index in [9.17, 15) is 4.79 Å². The zero-order valence-corrected chi connectivity index (χ0v) is 17.1. The van der Waals surface area contributed by atoms with Crippen molar-refractivity contribution in [3.63, 3.8) is 0 Å². The van der Waals surface area contributed by atoms with Crippen LogP contribution in [-0.2, 0) is 5.54 Å². The molecule has 1 saturated heterocycles. The van der Waals surface area contributed by atoms with Crippen LogP contribution in [0, 0.1) is 6.92 Å². The van der Waals surface area contributed by atoms with Crippen LogP contribution < -0.4 is 10.2 Å². The van der Waals surface area contributed by atoms with Crippen LogP contribution in [0.1, 0.15) is 34.3 Å². The third kappa shape index (κ3) is 3.06. The first-order chi connectivity index (χ1) is 14.0. The highest BCUT2D eigenvalue weighted by atomic mass is 16.1. The van der Waals surface area contributed by atoms with Crippen LogP contribution in [0.25, 0.3) is 5.65 Å². The summed E-state index contributed by atoms with van der Waals surface area (Å²) in [5.41, 5.74) is 4.29. The SMILES string of the molecule is Cc1ccc(N2CC(N(C)C)C2)cc1C(=O)NC1(c2cnn3cccnc23)CC1. The number of nitrogens with one attached hydrogen (secondary N) is 1. The molecule has 2 aliphatic rings. The van der Waals surface area contributed by atoms with Crippen molar-refractivity contribution >= 4 is 17.2 Å². The molecular weight excluding hydrogens is 364 g/mol. The lowest BCUT2D eigenvalue weighted by molar-refractivity contribution is 0.0930. The predicted octanol–water partition coefficient (Wildman–Crippen LogP) is 2.21. The zero-order chi connectivity index (χ0) is 20.2. The fourth-order valence-corrected chi connectivity index (χ4v) is 4.08. The number of nitrogens with zero attached hydrogens (tertiary/aromatic N) is 5. The van der Waals surface area contributed by atoms with Gasteiger partial charge in [0.15, 0.2) is 5.65 Å². The maximum absolute atomic E-state index is 13.2. The molecule has 1 aliphatic heterocycles. The minimum atomic E-state index is -0.359. The van der Waals surface area contributed by atoms with E-state index in [-0.39, 0.29) is 11.4 Å². The summed E-state index contributed by atoms with van der Waals surface area (Å²) in [6.07, 6.45) is 7.30. The molecule has 150 valence electrons. The lowest BCUT2D eigenvalue weighted by atomic mass is 10.0. The number of fused-ring (bicyclic) bond motifs is 1. The van der Waals surface area contributed by atoms with Crippen LogP contribution in [0.15, 0.2) is 42.9 Å². The number of rotatable bonds is 5. The third-order valence-electron chi connectivity index (χ3n) is 6.32. The number of carbonyl (C=O) groups is 1. The quantitative estimate of drug-likeness (QED) is 0.724. The Hall–Kier alpha value is -2.93. The number of hydrogen-bond donors (Lipinski definition) is 1. The molecule has 3 aromatic rings. The summed E-state index contributed by atoms with van der Waals surface area (Å²) in [4.78, 5) is 22.3. The topological polar surface area (TPSA) is 65.8 Å². The molecule has 0 bridgehead atoms. The van der Waals surface area contributed by atoms with E-state index in [0.717, 1.165) is 54.0 Å². The Labute approximate surface area is 170 Å². The molecule has 0 atom stereocenters. The van der Waals surface area contributed by atoms with E-state index >= 15 is 0 Å². The minimum absolute atomic E-state index is 0.0261. The molecule has 1 saturated carbocycles. The van der Waals surface area contributed by atoms with Gasteiger partial charge in [-0.05, 0) is 57.6 Å². The smallest absolute Gasteiger partial charge is 0.252 e. The van der Waals surface area contributed by atoms with E-state index in [4.69, 9.17) is 0 Å². The summed E-state index contributed by atoms with van der Waals surface area (Å²) in [7, 11) is 4.22. The summed E-state index contributed by atoms with van der Waals surface area (Å²) in [6.45, 7) is 3.98.